The number of rotatable bonds is 2. The van der Waals surface area contributed by atoms with Crippen molar-refractivity contribution in [1.29, 1.82) is 0 Å². The minimum absolute atomic E-state index is 0.630. The Morgan fingerprint density at radius 2 is 2.16 bits per heavy atom. The molecule has 4 heteroatoms. The molecule has 0 saturated carbocycles. The van der Waals surface area contributed by atoms with Crippen LogP contribution in [0.4, 0.5) is 0 Å². The van der Waals surface area contributed by atoms with Crippen molar-refractivity contribution in [3.05, 3.63) is 57.8 Å². The summed E-state index contributed by atoms with van der Waals surface area (Å²) >= 11 is 3.34. The molecule has 98 valence electrons. The Balaban J connectivity index is 1.99. The monoisotopic (exact) mass is 319 g/mol. The number of pyridine rings is 1. The van der Waals surface area contributed by atoms with Crippen LogP contribution in [0.2, 0.25) is 0 Å². The lowest BCUT2D eigenvalue weighted by atomic mass is 9.98. The Bertz CT molecular complexity index is 583. The first kappa shape index (κ1) is 12.6. The Kier molecular flexibility index (Phi) is 3.53. The SMILES string of the molecule is OC(c1ccc(Br)cn1)c1cccc2c1OCCC2. The molecule has 0 spiro atoms. The zero-order valence-electron chi connectivity index (χ0n) is 10.3. The summed E-state index contributed by atoms with van der Waals surface area (Å²) in [6, 6.07) is 9.61. The number of aliphatic hydroxyl groups is 1. The van der Waals surface area contributed by atoms with Crippen molar-refractivity contribution in [1.82, 2.24) is 4.98 Å². The molecule has 2 heterocycles. The number of aliphatic hydroxyl groups excluding tert-OH is 1. The average Bonchev–Trinajstić information content (AvgIpc) is 2.47. The van der Waals surface area contributed by atoms with E-state index in [-0.39, 0.29) is 0 Å². The molecule has 1 aromatic carbocycles. The van der Waals surface area contributed by atoms with Gasteiger partial charge in [-0.2, -0.15) is 0 Å². The van der Waals surface area contributed by atoms with Crippen LogP contribution in [-0.2, 0) is 6.42 Å². The van der Waals surface area contributed by atoms with E-state index in [1.165, 1.54) is 5.56 Å². The van der Waals surface area contributed by atoms with Crippen molar-refractivity contribution in [3.8, 4) is 5.75 Å². The van der Waals surface area contributed by atoms with E-state index >= 15 is 0 Å². The van der Waals surface area contributed by atoms with Gasteiger partial charge in [0.1, 0.15) is 11.9 Å². The van der Waals surface area contributed by atoms with Crippen molar-refractivity contribution in [2.45, 2.75) is 18.9 Å². The summed E-state index contributed by atoms with van der Waals surface area (Å²) in [6.45, 7) is 0.713. The average molecular weight is 320 g/mol. The molecular weight excluding hydrogens is 306 g/mol. The first-order chi connectivity index (χ1) is 9.25. The number of fused-ring (bicyclic) bond motifs is 1. The molecule has 2 aromatic rings. The highest BCUT2D eigenvalue weighted by molar-refractivity contribution is 9.10. The molecule has 0 bridgehead atoms. The fourth-order valence-corrected chi connectivity index (χ4v) is 2.57. The predicted octanol–water partition coefficient (Wildman–Crippen LogP) is 3.25. The van der Waals surface area contributed by atoms with E-state index in [9.17, 15) is 5.11 Å². The van der Waals surface area contributed by atoms with Crippen LogP contribution in [0.15, 0.2) is 41.0 Å². The number of ether oxygens (including phenoxy) is 1. The highest BCUT2D eigenvalue weighted by Crippen LogP contribution is 2.35. The number of aromatic nitrogens is 1. The summed E-state index contributed by atoms with van der Waals surface area (Å²) in [7, 11) is 0. The zero-order chi connectivity index (χ0) is 13.2. The van der Waals surface area contributed by atoms with Crippen LogP contribution in [-0.4, -0.2) is 16.7 Å². The lowest BCUT2D eigenvalue weighted by molar-refractivity contribution is 0.202. The Morgan fingerprint density at radius 1 is 1.26 bits per heavy atom. The fourth-order valence-electron chi connectivity index (χ4n) is 2.34. The minimum atomic E-state index is -0.749. The molecule has 0 fully saturated rings. The van der Waals surface area contributed by atoms with Crippen LogP contribution >= 0.6 is 15.9 Å². The Morgan fingerprint density at radius 3 is 2.95 bits per heavy atom. The van der Waals surface area contributed by atoms with Gasteiger partial charge in [-0.15, -0.1) is 0 Å². The van der Waals surface area contributed by atoms with Crippen molar-refractivity contribution >= 4 is 15.9 Å². The van der Waals surface area contributed by atoms with E-state index < -0.39 is 6.10 Å². The van der Waals surface area contributed by atoms with Gasteiger partial charge in [-0.25, -0.2) is 0 Å². The Hall–Kier alpha value is -1.39. The van der Waals surface area contributed by atoms with Crippen LogP contribution in [0.3, 0.4) is 0 Å². The molecule has 1 N–H and O–H groups in total. The molecule has 1 atom stereocenters. The van der Waals surface area contributed by atoms with E-state index in [4.69, 9.17) is 4.74 Å². The molecule has 19 heavy (non-hydrogen) atoms. The van der Waals surface area contributed by atoms with Gasteiger partial charge in [0.05, 0.1) is 12.3 Å². The van der Waals surface area contributed by atoms with Crippen LogP contribution in [0.25, 0.3) is 0 Å². The van der Waals surface area contributed by atoms with E-state index in [2.05, 4.69) is 27.0 Å². The van der Waals surface area contributed by atoms with Crippen molar-refractivity contribution in [2.75, 3.05) is 6.61 Å². The van der Waals surface area contributed by atoms with Crippen LogP contribution in [0, 0.1) is 0 Å². The minimum Gasteiger partial charge on any atom is -0.493 e. The summed E-state index contributed by atoms with van der Waals surface area (Å²) in [5, 5.41) is 10.5. The van der Waals surface area contributed by atoms with E-state index in [0.717, 1.165) is 28.6 Å². The van der Waals surface area contributed by atoms with Gasteiger partial charge < -0.3 is 9.84 Å². The highest BCUT2D eigenvalue weighted by atomic mass is 79.9. The number of halogens is 1. The summed E-state index contributed by atoms with van der Waals surface area (Å²) in [5.41, 5.74) is 2.60. The molecule has 0 saturated heterocycles. The van der Waals surface area contributed by atoms with Gasteiger partial charge in [0, 0.05) is 16.2 Å². The van der Waals surface area contributed by atoms with Gasteiger partial charge >= 0.3 is 0 Å². The molecule has 1 unspecified atom stereocenters. The molecule has 1 aromatic heterocycles. The topological polar surface area (TPSA) is 42.4 Å². The lowest BCUT2D eigenvalue weighted by Crippen LogP contribution is -2.13. The quantitative estimate of drug-likeness (QED) is 0.924. The highest BCUT2D eigenvalue weighted by Gasteiger charge is 2.21. The summed E-state index contributed by atoms with van der Waals surface area (Å²) in [5.74, 6) is 0.825. The van der Waals surface area contributed by atoms with Gasteiger partial charge in [0.2, 0.25) is 0 Å². The maximum Gasteiger partial charge on any atom is 0.128 e. The van der Waals surface area contributed by atoms with Crippen molar-refractivity contribution in [3.63, 3.8) is 0 Å². The number of aryl methyl sites for hydroxylation is 1. The second-order valence-electron chi connectivity index (χ2n) is 4.59. The largest absolute Gasteiger partial charge is 0.493 e. The maximum absolute atomic E-state index is 10.5. The molecule has 0 amide bonds. The second kappa shape index (κ2) is 5.31. The predicted molar refractivity (Wildman–Crippen MR) is 76.3 cm³/mol. The van der Waals surface area contributed by atoms with Crippen LogP contribution in [0.5, 0.6) is 5.75 Å². The van der Waals surface area contributed by atoms with Crippen LogP contribution < -0.4 is 4.74 Å². The Labute approximate surface area is 120 Å². The van der Waals surface area contributed by atoms with Crippen LogP contribution in [0.1, 0.15) is 29.3 Å². The van der Waals surface area contributed by atoms with Gasteiger partial charge in [-0.3, -0.25) is 4.98 Å². The smallest absolute Gasteiger partial charge is 0.128 e. The van der Waals surface area contributed by atoms with E-state index in [1.54, 1.807) is 6.20 Å². The normalized spacial score (nSPS) is 15.5. The fraction of sp³-hybridized carbons (Fsp3) is 0.267. The van der Waals surface area contributed by atoms with E-state index in [0.29, 0.717) is 12.3 Å². The molecule has 0 aliphatic carbocycles. The third-order valence-corrected chi connectivity index (χ3v) is 3.76. The standard InChI is InChI=1S/C15H14BrNO2/c16-11-6-7-13(17-9-11)14(18)12-5-1-3-10-4-2-8-19-15(10)12/h1,3,5-7,9,14,18H,2,4,8H2. The zero-order valence-corrected chi connectivity index (χ0v) is 11.9. The first-order valence-electron chi connectivity index (χ1n) is 6.30. The molecule has 0 radical (unpaired) electrons. The maximum atomic E-state index is 10.5. The molecule has 3 nitrogen and oxygen atoms in total. The van der Waals surface area contributed by atoms with Gasteiger partial charge in [-0.1, -0.05) is 18.2 Å². The number of para-hydroxylation sites is 1. The molecule has 1 aliphatic rings. The lowest BCUT2D eigenvalue weighted by Gasteiger charge is -2.22. The first-order valence-corrected chi connectivity index (χ1v) is 7.09. The van der Waals surface area contributed by atoms with Gasteiger partial charge in [0.25, 0.3) is 0 Å². The number of nitrogens with zero attached hydrogens (tertiary/aromatic N) is 1. The molecule has 1 aliphatic heterocycles. The third kappa shape index (κ3) is 2.51. The van der Waals surface area contributed by atoms with Gasteiger partial charge in [0.15, 0.2) is 0 Å². The summed E-state index contributed by atoms with van der Waals surface area (Å²) in [4.78, 5) is 4.25. The number of hydrogen-bond donors (Lipinski definition) is 1. The molecule has 3 rings (SSSR count). The van der Waals surface area contributed by atoms with E-state index in [1.807, 2.05) is 24.3 Å². The summed E-state index contributed by atoms with van der Waals surface area (Å²) in [6.07, 6.45) is 2.97. The van der Waals surface area contributed by atoms with Crippen molar-refractivity contribution in [2.24, 2.45) is 0 Å². The number of hydrogen-bond acceptors (Lipinski definition) is 3. The summed E-state index contributed by atoms with van der Waals surface area (Å²) < 4.78 is 6.62. The molecular formula is C15H14BrNO2. The second-order valence-corrected chi connectivity index (χ2v) is 5.51. The van der Waals surface area contributed by atoms with Crippen molar-refractivity contribution < 1.29 is 9.84 Å². The third-order valence-electron chi connectivity index (χ3n) is 3.29. The van der Waals surface area contributed by atoms with Gasteiger partial charge in [-0.05, 0) is 46.5 Å². The number of benzene rings is 1.